The molecule has 1 aliphatic rings. The van der Waals surface area contributed by atoms with E-state index in [-0.39, 0.29) is 5.50 Å². The number of benzene rings is 2. The second kappa shape index (κ2) is 6.89. The van der Waals surface area contributed by atoms with E-state index in [1.807, 2.05) is 17.5 Å². The molecule has 0 fully saturated rings. The van der Waals surface area contributed by atoms with Crippen LogP contribution in [-0.4, -0.2) is 26.6 Å². The first-order chi connectivity index (χ1) is 12.1. The molecule has 1 heterocycles. The van der Waals surface area contributed by atoms with Crippen molar-refractivity contribution in [2.24, 2.45) is 0 Å². The molecule has 138 valence electrons. The average molecular weight is 380 g/mol. The number of rotatable bonds is 4. The van der Waals surface area contributed by atoms with Crippen molar-refractivity contribution in [2.45, 2.75) is 11.7 Å². The monoisotopic (exact) mass is 380 g/mol. The Morgan fingerprint density at radius 2 is 1.77 bits per heavy atom. The third-order valence-corrected chi connectivity index (χ3v) is 4.91. The second-order valence-electron chi connectivity index (χ2n) is 6.98. The molecule has 0 amide bonds. The fourth-order valence-corrected chi connectivity index (χ4v) is 3.47. The van der Waals surface area contributed by atoms with Gasteiger partial charge < -0.3 is 10.6 Å². The van der Waals surface area contributed by atoms with Crippen LogP contribution in [0.25, 0.3) is 5.70 Å². The van der Waals surface area contributed by atoms with Gasteiger partial charge in [0.2, 0.25) is 0 Å². The molecule has 0 radical (unpaired) electrons. The van der Waals surface area contributed by atoms with Crippen LogP contribution in [0, 0.1) is 0 Å². The third-order valence-electron chi connectivity index (χ3n) is 4.03. The number of quaternary nitrogens is 1. The summed E-state index contributed by atoms with van der Waals surface area (Å²) in [5, 5.41) is 8.40. The zero-order valence-electron chi connectivity index (χ0n) is 14.8. The van der Waals surface area contributed by atoms with Crippen LogP contribution in [0.5, 0.6) is 0 Å². The van der Waals surface area contributed by atoms with Crippen LogP contribution in [0.15, 0.2) is 53.9 Å². The van der Waals surface area contributed by atoms with Gasteiger partial charge >= 0.3 is 6.18 Å². The molecule has 0 bridgehead atoms. The molecular formula is C19H21F3N3S+. The molecule has 0 saturated heterocycles. The summed E-state index contributed by atoms with van der Waals surface area (Å²) in [6.45, 7) is 0. The number of hydrogen-bond donors (Lipinski definition) is 2. The van der Waals surface area contributed by atoms with Gasteiger partial charge in [0.1, 0.15) is 11.2 Å². The van der Waals surface area contributed by atoms with Crippen LogP contribution in [-0.2, 0) is 6.18 Å². The van der Waals surface area contributed by atoms with Gasteiger partial charge in [0.05, 0.1) is 32.4 Å². The van der Waals surface area contributed by atoms with Gasteiger partial charge in [-0.25, -0.2) is 0 Å². The number of nitrogens with zero attached hydrogens (tertiary/aromatic N) is 1. The minimum atomic E-state index is -4.34. The summed E-state index contributed by atoms with van der Waals surface area (Å²) in [7, 11) is 6.30. The Kier molecular flexibility index (Phi) is 4.94. The van der Waals surface area contributed by atoms with E-state index in [1.54, 1.807) is 6.07 Å². The maximum absolute atomic E-state index is 12.8. The standard InChI is InChI=1S/C19H21F3N3S/c1-25(2,3)16-9-4-6-13(10-16)17-12-26-18(24-17)23-15-8-5-7-14(11-15)19(20,21)22/h4-12,18,23-24H,1-3H3/q+1. The quantitative estimate of drug-likeness (QED) is 0.736. The lowest BCUT2D eigenvalue weighted by Crippen LogP contribution is -2.34. The minimum Gasteiger partial charge on any atom is -0.357 e. The van der Waals surface area contributed by atoms with Gasteiger partial charge in [-0.1, -0.05) is 30.0 Å². The molecule has 2 N–H and O–H groups in total. The van der Waals surface area contributed by atoms with Gasteiger partial charge in [0.25, 0.3) is 0 Å². The van der Waals surface area contributed by atoms with E-state index in [0.717, 1.165) is 23.4 Å². The van der Waals surface area contributed by atoms with Crippen LogP contribution in [0.1, 0.15) is 11.1 Å². The van der Waals surface area contributed by atoms with Gasteiger partial charge in [-0.15, -0.1) is 0 Å². The van der Waals surface area contributed by atoms with E-state index < -0.39 is 11.7 Å². The highest BCUT2D eigenvalue weighted by Crippen LogP contribution is 2.33. The Balaban J connectivity index is 1.70. The third kappa shape index (κ3) is 4.34. The zero-order chi connectivity index (χ0) is 18.9. The average Bonchev–Trinajstić information content (AvgIpc) is 3.02. The van der Waals surface area contributed by atoms with Gasteiger partial charge in [0.15, 0.2) is 0 Å². The Morgan fingerprint density at radius 3 is 2.46 bits per heavy atom. The van der Waals surface area contributed by atoms with E-state index in [0.29, 0.717) is 10.2 Å². The fourth-order valence-electron chi connectivity index (χ4n) is 2.59. The van der Waals surface area contributed by atoms with Crippen molar-refractivity contribution in [3.05, 3.63) is 65.1 Å². The van der Waals surface area contributed by atoms with Gasteiger partial charge in [-0.05, 0) is 29.7 Å². The number of nitrogens with one attached hydrogen (secondary N) is 2. The Bertz CT molecular complexity index is 825. The normalized spacial score (nSPS) is 17.6. The van der Waals surface area contributed by atoms with Crippen LogP contribution in [0.2, 0.25) is 0 Å². The molecule has 7 heteroatoms. The van der Waals surface area contributed by atoms with Gasteiger partial charge in [-0.3, -0.25) is 4.48 Å². The molecule has 0 aromatic heterocycles. The Morgan fingerprint density at radius 1 is 1.04 bits per heavy atom. The molecule has 0 aliphatic carbocycles. The highest BCUT2D eigenvalue weighted by molar-refractivity contribution is 8.03. The minimum absolute atomic E-state index is 0.221. The maximum Gasteiger partial charge on any atom is 0.416 e. The molecule has 0 saturated carbocycles. The van der Waals surface area contributed by atoms with Crippen molar-refractivity contribution in [1.29, 1.82) is 0 Å². The SMILES string of the molecule is C[N+](C)(C)c1cccc(C2=CSC(Nc3cccc(C(F)(F)F)c3)N2)c1. The lowest BCUT2D eigenvalue weighted by atomic mass is 10.1. The van der Waals surface area contributed by atoms with Crippen LogP contribution >= 0.6 is 11.8 Å². The molecular weight excluding hydrogens is 359 g/mol. The van der Waals surface area contributed by atoms with Crippen molar-refractivity contribution >= 4 is 28.8 Å². The summed E-state index contributed by atoms with van der Waals surface area (Å²) in [5.41, 5.74) is 2.73. The fraction of sp³-hybridized carbons (Fsp3) is 0.263. The summed E-state index contributed by atoms with van der Waals surface area (Å²) < 4.78 is 39.2. The number of alkyl halides is 3. The highest BCUT2D eigenvalue weighted by Gasteiger charge is 2.30. The van der Waals surface area contributed by atoms with Crippen molar-refractivity contribution < 1.29 is 13.2 Å². The number of hydrogen-bond acceptors (Lipinski definition) is 3. The molecule has 2 aromatic rings. The van der Waals surface area contributed by atoms with E-state index >= 15 is 0 Å². The lowest BCUT2D eigenvalue weighted by Gasteiger charge is -2.24. The van der Waals surface area contributed by atoms with Crippen LogP contribution in [0.4, 0.5) is 24.5 Å². The molecule has 3 nitrogen and oxygen atoms in total. The summed E-state index contributed by atoms with van der Waals surface area (Å²) in [5.74, 6) is 0. The highest BCUT2D eigenvalue weighted by atomic mass is 32.2. The summed E-state index contributed by atoms with van der Waals surface area (Å²) in [6, 6.07) is 13.5. The summed E-state index contributed by atoms with van der Waals surface area (Å²) in [4.78, 5) is 0. The molecule has 2 aromatic carbocycles. The zero-order valence-corrected chi connectivity index (χ0v) is 15.6. The van der Waals surface area contributed by atoms with E-state index in [4.69, 9.17) is 0 Å². The second-order valence-corrected chi connectivity index (χ2v) is 7.96. The van der Waals surface area contributed by atoms with E-state index in [2.05, 4.69) is 43.9 Å². The molecule has 1 unspecified atom stereocenters. The van der Waals surface area contributed by atoms with Crippen LogP contribution < -0.4 is 15.1 Å². The molecule has 1 aliphatic heterocycles. The molecule has 1 atom stereocenters. The number of anilines is 1. The van der Waals surface area contributed by atoms with Crippen molar-refractivity contribution in [2.75, 3.05) is 26.5 Å². The Hall–Kier alpha value is -2.12. The maximum atomic E-state index is 12.8. The summed E-state index contributed by atoms with van der Waals surface area (Å²) in [6.07, 6.45) is -4.34. The van der Waals surface area contributed by atoms with Crippen molar-refractivity contribution in [3.63, 3.8) is 0 Å². The topological polar surface area (TPSA) is 24.1 Å². The first-order valence-corrected chi connectivity index (χ1v) is 9.06. The van der Waals surface area contributed by atoms with Crippen molar-refractivity contribution in [3.8, 4) is 0 Å². The smallest absolute Gasteiger partial charge is 0.357 e. The molecule has 3 rings (SSSR count). The summed E-state index contributed by atoms with van der Waals surface area (Å²) >= 11 is 1.50. The van der Waals surface area contributed by atoms with E-state index in [1.165, 1.54) is 23.5 Å². The number of thioether (sulfide) groups is 1. The van der Waals surface area contributed by atoms with Gasteiger partial charge in [0, 0.05) is 17.3 Å². The predicted molar refractivity (Wildman–Crippen MR) is 104 cm³/mol. The van der Waals surface area contributed by atoms with E-state index in [9.17, 15) is 13.2 Å². The van der Waals surface area contributed by atoms with Gasteiger partial charge in [-0.2, -0.15) is 13.2 Å². The molecule has 0 spiro atoms. The van der Waals surface area contributed by atoms with Crippen molar-refractivity contribution in [1.82, 2.24) is 9.80 Å². The number of halogens is 3. The first kappa shape index (κ1) is 18.7. The van der Waals surface area contributed by atoms with Crippen LogP contribution in [0.3, 0.4) is 0 Å². The Labute approximate surface area is 155 Å². The first-order valence-electron chi connectivity index (χ1n) is 8.11. The molecule has 26 heavy (non-hydrogen) atoms. The lowest BCUT2D eigenvalue weighted by molar-refractivity contribution is -0.137. The largest absolute Gasteiger partial charge is 0.416 e. The predicted octanol–water partition coefficient (Wildman–Crippen LogP) is 4.93.